The Labute approximate surface area is 89.4 Å². The lowest BCUT2D eigenvalue weighted by Crippen LogP contribution is -2.34. The van der Waals surface area contributed by atoms with Crippen molar-refractivity contribution in [2.24, 2.45) is 0 Å². The molecule has 2 rings (SSSR count). The van der Waals surface area contributed by atoms with Crippen molar-refractivity contribution in [2.75, 3.05) is 5.73 Å². The summed E-state index contributed by atoms with van der Waals surface area (Å²) < 4.78 is 0. The average molecular weight is 211 g/mol. The number of nitrogen functional groups attached to an aromatic ring is 1. The summed E-state index contributed by atoms with van der Waals surface area (Å²) in [6, 6.07) is 6.41. The third kappa shape index (κ3) is 2.40. The molecule has 3 heteroatoms. The molecule has 1 fully saturated rings. The molecule has 2 nitrogen and oxygen atoms in total. The molecule has 3 N–H and O–H groups in total. The molecular weight excluding hydrogens is 196 g/mol. The van der Waals surface area contributed by atoms with E-state index in [1.807, 2.05) is 12.1 Å². The molecule has 0 spiro atoms. The van der Waals surface area contributed by atoms with Gasteiger partial charge in [0.25, 0.3) is 0 Å². The van der Waals surface area contributed by atoms with Crippen LogP contribution in [0.2, 0.25) is 5.02 Å². The van der Waals surface area contributed by atoms with Gasteiger partial charge in [0.1, 0.15) is 0 Å². The van der Waals surface area contributed by atoms with Gasteiger partial charge in [-0.1, -0.05) is 18.0 Å². The molecule has 0 amide bonds. The van der Waals surface area contributed by atoms with Gasteiger partial charge in [-0.2, -0.15) is 0 Å². The van der Waals surface area contributed by atoms with Gasteiger partial charge in [-0.15, -0.1) is 0 Å². The molecular formula is C11H15ClN2. The van der Waals surface area contributed by atoms with E-state index in [9.17, 15) is 0 Å². The number of hydrogen-bond donors (Lipinski definition) is 2. The second-order valence-electron chi connectivity index (χ2n) is 3.90. The Bertz CT molecular complexity index is 301. The summed E-state index contributed by atoms with van der Waals surface area (Å²) in [5.41, 5.74) is 7.61. The molecule has 0 aliphatic heterocycles. The highest BCUT2D eigenvalue weighted by Gasteiger charge is 2.15. The van der Waals surface area contributed by atoms with E-state index in [4.69, 9.17) is 17.3 Å². The maximum Gasteiger partial charge on any atom is 0.0429 e. The largest absolute Gasteiger partial charge is 0.399 e. The number of halogens is 1. The fourth-order valence-corrected chi connectivity index (χ4v) is 1.92. The second-order valence-corrected chi connectivity index (χ2v) is 4.34. The average Bonchev–Trinajstić information content (AvgIpc) is 1.99. The summed E-state index contributed by atoms with van der Waals surface area (Å²) in [6.45, 7) is 0.870. The number of rotatable bonds is 3. The van der Waals surface area contributed by atoms with Crippen LogP contribution >= 0.6 is 11.6 Å². The van der Waals surface area contributed by atoms with Gasteiger partial charge >= 0.3 is 0 Å². The van der Waals surface area contributed by atoms with Crippen molar-refractivity contribution in [1.29, 1.82) is 0 Å². The summed E-state index contributed by atoms with van der Waals surface area (Å²) in [7, 11) is 0. The lowest BCUT2D eigenvalue weighted by Gasteiger charge is -2.26. The minimum atomic E-state index is 0.704. The lowest BCUT2D eigenvalue weighted by molar-refractivity contribution is 0.338. The molecule has 0 unspecified atom stereocenters. The highest BCUT2D eigenvalue weighted by molar-refractivity contribution is 6.30. The quantitative estimate of drug-likeness (QED) is 0.753. The molecule has 1 aromatic rings. The van der Waals surface area contributed by atoms with Gasteiger partial charge in [-0.3, -0.25) is 0 Å². The van der Waals surface area contributed by atoms with E-state index in [0.29, 0.717) is 6.04 Å². The van der Waals surface area contributed by atoms with Crippen molar-refractivity contribution in [3.63, 3.8) is 0 Å². The van der Waals surface area contributed by atoms with E-state index in [1.54, 1.807) is 6.07 Å². The van der Waals surface area contributed by atoms with Gasteiger partial charge in [0.2, 0.25) is 0 Å². The lowest BCUT2D eigenvalue weighted by atomic mass is 9.93. The SMILES string of the molecule is Nc1cc(Cl)cc(CNC2CCC2)c1. The first-order chi connectivity index (χ1) is 6.74. The van der Waals surface area contributed by atoms with Crippen molar-refractivity contribution in [2.45, 2.75) is 31.8 Å². The maximum absolute atomic E-state index is 5.91. The highest BCUT2D eigenvalue weighted by Crippen LogP contribution is 2.20. The zero-order valence-corrected chi connectivity index (χ0v) is 8.85. The Hall–Kier alpha value is -0.730. The van der Waals surface area contributed by atoms with Crippen LogP contribution in [-0.2, 0) is 6.54 Å². The molecule has 0 radical (unpaired) electrons. The Kier molecular flexibility index (Phi) is 2.94. The molecule has 1 aromatic carbocycles. The van der Waals surface area contributed by atoms with Gasteiger partial charge in [-0.05, 0) is 36.6 Å². The van der Waals surface area contributed by atoms with Crippen molar-refractivity contribution in [1.82, 2.24) is 5.32 Å². The first-order valence-electron chi connectivity index (χ1n) is 5.02. The van der Waals surface area contributed by atoms with E-state index in [2.05, 4.69) is 5.32 Å². The smallest absolute Gasteiger partial charge is 0.0429 e. The van der Waals surface area contributed by atoms with Crippen molar-refractivity contribution in [3.05, 3.63) is 28.8 Å². The van der Waals surface area contributed by atoms with Gasteiger partial charge < -0.3 is 11.1 Å². The first kappa shape index (κ1) is 9.81. The maximum atomic E-state index is 5.91. The molecule has 76 valence electrons. The van der Waals surface area contributed by atoms with Crippen LogP contribution in [0.25, 0.3) is 0 Å². The van der Waals surface area contributed by atoms with Crippen molar-refractivity contribution >= 4 is 17.3 Å². The Morgan fingerprint density at radius 2 is 2.14 bits per heavy atom. The van der Waals surface area contributed by atoms with E-state index < -0.39 is 0 Å². The Morgan fingerprint density at radius 1 is 1.36 bits per heavy atom. The zero-order valence-electron chi connectivity index (χ0n) is 8.09. The second kappa shape index (κ2) is 4.20. The summed E-state index contributed by atoms with van der Waals surface area (Å²) >= 11 is 5.91. The van der Waals surface area contributed by atoms with E-state index in [1.165, 1.54) is 24.8 Å². The molecule has 14 heavy (non-hydrogen) atoms. The fraction of sp³-hybridized carbons (Fsp3) is 0.455. The van der Waals surface area contributed by atoms with Crippen molar-refractivity contribution in [3.8, 4) is 0 Å². The van der Waals surface area contributed by atoms with Crippen LogP contribution in [0.15, 0.2) is 18.2 Å². The highest BCUT2D eigenvalue weighted by atomic mass is 35.5. The van der Waals surface area contributed by atoms with Crippen LogP contribution in [0.1, 0.15) is 24.8 Å². The van der Waals surface area contributed by atoms with E-state index >= 15 is 0 Å². The van der Waals surface area contributed by atoms with Gasteiger partial charge in [-0.25, -0.2) is 0 Å². The molecule has 1 aliphatic rings. The third-order valence-corrected chi connectivity index (χ3v) is 2.90. The summed E-state index contributed by atoms with van der Waals surface area (Å²) in [5.74, 6) is 0. The van der Waals surface area contributed by atoms with Crippen LogP contribution in [0.3, 0.4) is 0 Å². The topological polar surface area (TPSA) is 38.0 Å². The van der Waals surface area contributed by atoms with Crippen LogP contribution in [-0.4, -0.2) is 6.04 Å². The van der Waals surface area contributed by atoms with Crippen LogP contribution in [0.4, 0.5) is 5.69 Å². The first-order valence-corrected chi connectivity index (χ1v) is 5.40. The third-order valence-electron chi connectivity index (χ3n) is 2.68. The zero-order chi connectivity index (χ0) is 9.97. The number of anilines is 1. The number of hydrogen-bond acceptors (Lipinski definition) is 2. The summed E-state index contributed by atoms with van der Waals surface area (Å²) in [4.78, 5) is 0. The van der Waals surface area contributed by atoms with Gasteiger partial charge in [0, 0.05) is 23.3 Å². The molecule has 1 saturated carbocycles. The predicted molar refractivity (Wildman–Crippen MR) is 60.3 cm³/mol. The van der Waals surface area contributed by atoms with Crippen LogP contribution in [0.5, 0.6) is 0 Å². The van der Waals surface area contributed by atoms with Crippen LogP contribution < -0.4 is 11.1 Å². The monoisotopic (exact) mass is 210 g/mol. The van der Waals surface area contributed by atoms with E-state index in [0.717, 1.165) is 17.3 Å². The Morgan fingerprint density at radius 3 is 2.71 bits per heavy atom. The molecule has 0 bridgehead atoms. The molecule has 0 aromatic heterocycles. The number of nitrogens with two attached hydrogens (primary N) is 1. The van der Waals surface area contributed by atoms with Crippen LogP contribution in [0, 0.1) is 0 Å². The van der Waals surface area contributed by atoms with Gasteiger partial charge in [0.15, 0.2) is 0 Å². The summed E-state index contributed by atoms with van der Waals surface area (Å²) in [6.07, 6.45) is 3.96. The minimum absolute atomic E-state index is 0.704. The van der Waals surface area contributed by atoms with E-state index in [-0.39, 0.29) is 0 Å². The van der Waals surface area contributed by atoms with Gasteiger partial charge in [0.05, 0.1) is 0 Å². The Balaban J connectivity index is 1.94. The van der Waals surface area contributed by atoms with Crippen molar-refractivity contribution < 1.29 is 0 Å². The fourth-order valence-electron chi connectivity index (χ4n) is 1.65. The number of benzene rings is 1. The standard InChI is InChI=1S/C11H15ClN2/c12-9-4-8(5-10(13)6-9)7-14-11-2-1-3-11/h4-6,11,14H,1-3,7,13H2. The predicted octanol–water partition coefficient (Wildman–Crippen LogP) is 2.56. The molecule has 0 saturated heterocycles. The normalized spacial score (nSPS) is 16.6. The molecule has 0 heterocycles. The molecule has 1 aliphatic carbocycles. The molecule has 0 atom stereocenters. The number of nitrogens with one attached hydrogen (secondary N) is 1. The minimum Gasteiger partial charge on any atom is -0.399 e. The summed E-state index contributed by atoms with van der Waals surface area (Å²) in [5, 5.41) is 4.19.